The molecule has 0 saturated heterocycles. The van der Waals surface area contributed by atoms with Gasteiger partial charge in [0.25, 0.3) is 17.7 Å². The Morgan fingerprint density at radius 3 is 2.20 bits per heavy atom. The van der Waals surface area contributed by atoms with Crippen LogP contribution in [0.4, 0.5) is 8.78 Å². The Balaban J connectivity index is 1.19. The van der Waals surface area contributed by atoms with Crippen molar-refractivity contribution in [1.82, 2.24) is 45.6 Å². The number of hydrogen-bond acceptors (Lipinski definition) is 8. The maximum Gasteiger partial charge on any atom is 0.274 e. The predicted molar refractivity (Wildman–Crippen MR) is 138 cm³/mol. The normalized spacial score (nSPS) is 12.2. The van der Waals surface area contributed by atoms with E-state index < -0.39 is 23.8 Å². The summed E-state index contributed by atoms with van der Waals surface area (Å²) in [7, 11) is 0. The molecule has 3 heterocycles. The molecule has 0 spiro atoms. The van der Waals surface area contributed by atoms with Gasteiger partial charge in [-0.1, -0.05) is 40.8 Å². The molecule has 3 N–H and O–H groups in total. The van der Waals surface area contributed by atoms with E-state index in [1.54, 1.807) is 10.9 Å². The lowest BCUT2D eigenvalue weighted by Crippen LogP contribution is -2.31. The number of pyridine rings is 1. The molecule has 0 saturated carbocycles. The molecular formula is C26H29F2N9O3. The molecule has 4 rings (SSSR count). The van der Waals surface area contributed by atoms with E-state index in [9.17, 15) is 23.5 Å². The Bertz CT molecular complexity index is 1420. The van der Waals surface area contributed by atoms with Gasteiger partial charge >= 0.3 is 0 Å². The van der Waals surface area contributed by atoms with Crippen LogP contribution in [0.1, 0.15) is 63.6 Å². The number of carbonyl (C=O) groups excluding carboxylic acids is 2. The first-order chi connectivity index (χ1) is 19.2. The largest absolute Gasteiger partial charge is 0.394 e. The molecule has 0 radical (unpaired) electrons. The predicted octanol–water partition coefficient (Wildman–Crippen LogP) is 2.25. The van der Waals surface area contributed by atoms with Gasteiger partial charge in [0, 0.05) is 31.8 Å². The second kappa shape index (κ2) is 13.0. The zero-order valence-electron chi connectivity index (χ0n) is 21.7. The van der Waals surface area contributed by atoms with Crippen LogP contribution in [0, 0.1) is 0 Å². The molecule has 0 aliphatic carbocycles. The van der Waals surface area contributed by atoms with Gasteiger partial charge in [-0.05, 0) is 30.5 Å². The van der Waals surface area contributed by atoms with Crippen LogP contribution in [-0.2, 0) is 25.6 Å². The molecule has 210 valence electrons. The minimum absolute atomic E-state index is 0.0273. The molecule has 14 heteroatoms. The van der Waals surface area contributed by atoms with E-state index in [-0.39, 0.29) is 30.1 Å². The maximum absolute atomic E-state index is 13.5. The molecule has 0 bridgehead atoms. The third-order valence-electron chi connectivity index (χ3n) is 6.01. The number of unbranched alkanes of at least 4 members (excludes halogenated alkanes) is 1. The first-order valence-electron chi connectivity index (χ1n) is 12.6. The zero-order valence-corrected chi connectivity index (χ0v) is 21.7. The summed E-state index contributed by atoms with van der Waals surface area (Å²) in [5.74, 6) is -3.93. The molecule has 1 atom stereocenters. The van der Waals surface area contributed by atoms with Crippen LogP contribution in [0.2, 0.25) is 0 Å². The Hall–Kier alpha value is -4.59. The van der Waals surface area contributed by atoms with E-state index in [1.165, 1.54) is 29.2 Å². The van der Waals surface area contributed by atoms with Crippen LogP contribution in [-0.4, -0.2) is 58.5 Å². The SMILES string of the molecule is CC(F)(F)c1ccnc(CNC(=O)c2cn(CCCCn3cc(C(=O)N[C@@H](CO)c4ccccc4)nn3)nn2)c1. The van der Waals surface area contributed by atoms with Gasteiger partial charge < -0.3 is 15.7 Å². The molecule has 0 aliphatic heterocycles. The number of rotatable bonds is 13. The van der Waals surface area contributed by atoms with Crippen LogP contribution in [0.25, 0.3) is 0 Å². The van der Waals surface area contributed by atoms with Crippen molar-refractivity contribution in [3.05, 3.63) is 89.3 Å². The topological polar surface area (TPSA) is 153 Å². The number of alkyl halides is 2. The highest BCUT2D eigenvalue weighted by molar-refractivity contribution is 5.92. The molecule has 0 aliphatic rings. The summed E-state index contributed by atoms with van der Waals surface area (Å²) in [6.45, 7) is 1.52. The van der Waals surface area contributed by atoms with Crippen molar-refractivity contribution in [1.29, 1.82) is 0 Å². The third-order valence-corrected chi connectivity index (χ3v) is 6.01. The van der Waals surface area contributed by atoms with E-state index >= 15 is 0 Å². The average molecular weight is 554 g/mol. The standard InChI is InChI=1S/C26H29F2N9O3/c1-26(27,28)19-9-10-29-20(13-19)14-30-24(39)21-15-36(34-32-21)11-5-6-12-37-16-22(33-35-37)25(40)31-23(17-38)18-7-3-2-4-8-18/h2-4,7-10,13,15-16,23,38H,5-6,11-12,14,17H2,1H3,(H,30,39)(H,31,40)/t23-/m0/s1. The summed E-state index contributed by atoms with van der Waals surface area (Å²) < 4.78 is 30.1. The van der Waals surface area contributed by atoms with Gasteiger partial charge in [-0.25, -0.2) is 8.78 Å². The highest BCUT2D eigenvalue weighted by atomic mass is 19.3. The van der Waals surface area contributed by atoms with E-state index in [1.807, 2.05) is 30.3 Å². The highest BCUT2D eigenvalue weighted by Crippen LogP contribution is 2.26. The second-order valence-corrected chi connectivity index (χ2v) is 9.17. The van der Waals surface area contributed by atoms with Crippen molar-refractivity contribution in [2.45, 2.75) is 51.4 Å². The van der Waals surface area contributed by atoms with E-state index in [2.05, 4.69) is 36.2 Å². The minimum atomic E-state index is -3.00. The Morgan fingerprint density at radius 1 is 0.975 bits per heavy atom. The van der Waals surface area contributed by atoms with Crippen LogP contribution >= 0.6 is 0 Å². The van der Waals surface area contributed by atoms with Gasteiger partial charge in [-0.15, -0.1) is 10.2 Å². The summed E-state index contributed by atoms with van der Waals surface area (Å²) in [5.41, 5.74) is 1.15. The van der Waals surface area contributed by atoms with Crippen molar-refractivity contribution >= 4 is 11.8 Å². The average Bonchev–Trinajstić information content (AvgIpc) is 3.63. The molecule has 3 aromatic heterocycles. The lowest BCUT2D eigenvalue weighted by Gasteiger charge is -2.15. The number of carbonyl (C=O) groups is 2. The molecule has 0 unspecified atom stereocenters. The quantitative estimate of drug-likeness (QED) is 0.213. The highest BCUT2D eigenvalue weighted by Gasteiger charge is 2.24. The summed E-state index contributed by atoms with van der Waals surface area (Å²) in [6.07, 6.45) is 5.70. The van der Waals surface area contributed by atoms with Crippen molar-refractivity contribution in [2.75, 3.05) is 6.61 Å². The first kappa shape index (κ1) is 28.4. The molecule has 12 nitrogen and oxygen atoms in total. The number of nitrogens with one attached hydrogen (secondary N) is 2. The molecule has 4 aromatic rings. The van der Waals surface area contributed by atoms with Gasteiger partial charge in [0.05, 0.1) is 37.3 Å². The van der Waals surface area contributed by atoms with Gasteiger partial charge in [-0.2, -0.15) is 0 Å². The number of nitrogens with zero attached hydrogens (tertiary/aromatic N) is 7. The second-order valence-electron chi connectivity index (χ2n) is 9.17. The zero-order chi connectivity index (χ0) is 28.5. The molecule has 0 fully saturated rings. The lowest BCUT2D eigenvalue weighted by atomic mass is 10.1. The van der Waals surface area contributed by atoms with Crippen LogP contribution in [0.5, 0.6) is 0 Å². The number of aryl methyl sites for hydroxylation is 2. The summed E-state index contributed by atoms with van der Waals surface area (Å²) in [5, 5.41) is 30.7. The van der Waals surface area contributed by atoms with Crippen molar-refractivity contribution in [3.8, 4) is 0 Å². The van der Waals surface area contributed by atoms with Gasteiger partial charge in [0.2, 0.25) is 0 Å². The van der Waals surface area contributed by atoms with Gasteiger partial charge in [-0.3, -0.25) is 23.9 Å². The maximum atomic E-state index is 13.5. The fraction of sp³-hybridized carbons (Fsp3) is 0.346. The summed E-state index contributed by atoms with van der Waals surface area (Å²) in [4.78, 5) is 28.9. The molecule has 1 aromatic carbocycles. The minimum Gasteiger partial charge on any atom is -0.394 e. The summed E-state index contributed by atoms with van der Waals surface area (Å²) >= 11 is 0. The fourth-order valence-corrected chi connectivity index (χ4v) is 3.83. The number of amides is 2. The van der Waals surface area contributed by atoms with Crippen molar-refractivity contribution in [3.63, 3.8) is 0 Å². The van der Waals surface area contributed by atoms with E-state index in [0.29, 0.717) is 31.6 Å². The van der Waals surface area contributed by atoms with E-state index in [4.69, 9.17) is 0 Å². The Kier molecular flexibility index (Phi) is 9.22. The summed E-state index contributed by atoms with van der Waals surface area (Å²) in [6, 6.07) is 11.1. The molecule has 2 amide bonds. The number of halogens is 2. The van der Waals surface area contributed by atoms with Crippen LogP contribution in [0.3, 0.4) is 0 Å². The number of hydrogen-bond donors (Lipinski definition) is 3. The Labute approximate surface area is 228 Å². The number of aliphatic hydroxyl groups excluding tert-OH is 1. The van der Waals surface area contributed by atoms with Crippen molar-refractivity contribution < 1.29 is 23.5 Å². The van der Waals surface area contributed by atoms with Gasteiger partial charge in [0.15, 0.2) is 11.4 Å². The number of benzene rings is 1. The molecule has 40 heavy (non-hydrogen) atoms. The van der Waals surface area contributed by atoms with Crippen molar-refractivity contribution in [2.24, 2.45) is 0 Å². The number of aliphatic hydroxyl groups is 1. The molecular weight excluding hydrogens is 524 g/mol. The number of aromatic nitrogens is 7. The first-order valence-corrected chi connectivity index (χ1v) is 12.6. The monoisotopic (exact) mass is 553 g/mol. The van der Waals surface area contributed by atoms with Crippen LogP contribution < -0.4 is 10.6 Å². The lowest BCUT2D eigenvalue weighted by molar-refractivity contribution is 0.0173. The van der Waals surface area contributed by atoms with Gasteiger partial charge in [0.1, 0.15) is 0 Å². The van der Waals surface area contributed by atoms with E-state index in [0.717, 1.165) is 12.5 Å². The fourth-order valence-electron chi connectivity index (χ4n) is 3.83. The Morgan fingerprint density at radius 2 is 1.60 bits per heavy atom. The van der Waals surface area contributed by atoms with Crippen LogP contribution in [0.15, 0.2) is 61.1 Å². The smallest absolute Gasteiger partial charge is 0.274 e. The third kappa shape index (κ3) is 7.72.